The fourth-order valence-electron chi connectivity index (χ4n) is 2.66. The molecule has 1 aliphatic rings. The summed E-state index contributed by atoms with van der Waals surface area (Å²) in [4.78, 5) is 16.0. The molecule has 1 saturated carbocycles. The van der Waals surface area contributed by atoms with Gasteiger partial charge in [-0.1, -0.05) is 30.8 Å². The van der Waals surface area contributed by atoms with Gasteiger partial charge in [-0.05, 0) is 25.0 Å². The number of nitrogens with zero attached hydrogens (tertiary/aromatic N) is 2. The van der Waals surface area contributed by atoms with Gasteiger partial charge < -0.3 is 16.3 Å². The van der Waals surface area contributed by atoms with Gasteiger partial charge in [0, 0.05) is 0 Å². The van der Waals surface area contributed by atoms with E-state index in [2.05, 4.69) is 15.5 Å². The molecule has 0 radical (unpaired) electrons. The zero-order valence-corrected chi connectivity index (χ0v) is 11.7. The van der Waals surface area contributed by atoms with Crippen molar-refractivity contribution in [2.75, 3.05) is 0 Å². The van der Waals surface area contributed by atoms with Crippen LogP contribution in [0.3, 0.4) is 0 Å². The molecule has 0 atom stereocenters. The summed E-state index contributed by atoms with van der Waals surface area (Å²) in [5.41, 5.74) is 5.05. The zero-order valence-electron chi connectivity index (χ0n) is 11.7. The van der Waals surface area contributed by atoms with Crippen LogP contribution in [0.2, 0.25) is 0 Å². The molecular formula is C14H19FN4O2. The van der Waals surface area contributed by atoms with Crippen molar-refractivity contribution in [3.63, 3.8) is 0 Å². The molecule has 6 nitrogen and oxygen atoms in total. The Hall–Kier alpha value is -2.18. The average molecular weight is 294 g/mol. The summed E-state index contributed by atoms with van der Waals surface area (Å²) in [5, 5.41) is 14.9. The van der Waals surface area contributed by atoms with Crippen LogP contribution < -0.4 is 11.1 Å². The van der Waals surface area contributed by atoms with Crippen LogP contribution in [0.15, 0.2) is 23.5 Å². The van der Waals surface area contributed by atoms with Crippen LogP contribution in [-0.4, -0.2) is 27.5 Å². The van der Waals surface area contributed by atoms with Crippen LogP contribution in [0.5, 0.6) is 0 Å². The minimum atomic E-state index is -0.863. The quantitative estimate of drug-likeness (QED) is 0.260. The molecule has 0 saturated heterocycles. The van der Waals surface area contributed by atoms with Crippen molar-refractivity contribution in [2.45, 2.75) is 44.1 Å². The van der Waals surface area contributed by atoms with Crippen molar-refractivity contribution in [1.82, 2.24) is 10.3 Å². The summed E-state index contributed by atoms with van der Waals surface area (Å²) in [6, 6.07) is 2.48. The molecule has 21 heavy (non-hydrogen) atoms. The summed E-state index contributed by atoms with van der Waals surface area (Å²) in [5.74, 6) is -0.962. The molecule has 0 aromatic carbocycles. The molecule has 1 amide bonds. The summed E-state index contributed by atoms with van der Waals surface area (Å²) < 4.78 is 12.9. The van der Waals surface area contributed by atoms with Crippen molar-refractivity contribution in [1.29, 1.82) is 0 Å². The van der Waals surface area contributed by atoms with Gasteiger partial charge in [-0.3, -0.25) is 4.79 Å². The third-order valence-electron chi connectivity index (χ3n) is 3.87. The number of amidine groups is 1. The monoisotopic (exact) mass is 294 g/mol. The molecule has 7 heteroatoms. The second-order valence-electron chi connectivity index (χ2n) is 5.30. The van der Waals surface area contributed by atoms with E-state index < -0.39 is 17.3 Å². The maximum Gasteiger partial charge on any atom is 0.270 e. The SMILES string of the molecule is N/C(=N/O)C1(NC(=O)c2ccc(F)cn2)CCCCCC1. The van der Waals surface area contributed by atoms with E-state index in [1.165, 1.54) is 12.1 Å². The Balaban J connectivity index is 2.22. The molecule has 1 aromatic rings. The van der Waals surface area contributed by atoms with Crippen molar-refractivity contribution < 1.29 is 14.4 Å². The van der Waals surface area contributed by atoms with E-state index in [1.54, 1.807) is 0 Å². The maximum atomic E-state index is 12.9. The standard InChI is InChI=1S/C14H19FN4O2/c15-10-5-6-11(17-9-10)12(20)18-14(13(16)19-21)7-3-1-2-4-8-14/h5-6,9,21H,1-4,7-8H2,(H2,16,19)(H,18,20). The molecule has 114 valence electrons. The van der Waals surface area contributed by atoms with Gasteiger partial charge in [0.25, 0.3) is 5.91 Å². The largest absolute Gasteiger partial charge is 0.409 e. The molecule has 0 bridgehead atoms. The third-order valence-corrected chi connectivity index (χ3v) is 3.87. The first kappa shape index (κ1) is 15.2. The number of nitrogens with one attached hydrogen (secondary N) is 1. The Labute approximate surface area is 122 Å². The summed E-state index contributed by atoms with van der Waals surface area (Å²) in [6.07, 6.45) is 6.06. The fraction of sp³-hybridized carbons (Fsp3) is 0.500. The Kier molecular flexibility index (Phi) is 4.72. The number of halogens is 1. The van der Waals surface area contributed by atoms with Crippen LogP contribution >= 0.6 is 0 Å². The highest BCUT2D eigenvalue weighted by Crippen LogP contribution is 2.27. The molecule has 0 unspecified atom stereocenters. The Morgan fingerprint density at radius 2 is 2.00 bits per heavy atom. The van der Waals surface area contributed by atoms with Crippen LogP contribution in [0.4, 0.5) is 4.39 Å². The van der Waals surface area contributed by atoms with Gasteiger partial charge in [-0.2, -0.15) is 0 Å². The average Bonchev–Trinajstić information content (AvgIpc) is 2.73. The van der Waals surface area contributed by atoms with Gasteiger partial charge in [0.1, 0.15) is 17.1 Å². The lowest BCUT2D eigenvalue weighted by Crippen LogP contribution is -2.57. The second kappa shape index (κ2) is 6.51. The predicted molar refractivity (Wildman–Crippen MR) is 75.5 cm³/mol. The minimum Gasteiger partial charge on any atom is -0.409 e. The predicted octanol–water partition coefficient (Wildman–Crippen LogP) is 1.79. The van der Waals surface area contributed by atoms with Crippen LogP contribution in [-0.2, 0) is 0 Å². The van der Waals surface area contributed by atoms with Crippen LogP contribution in [0, 0.1) is 5.82 Å². The summed E-state index contributed by atoms with van der Waals surface area (Å²) in [6.45, 7) is 0. The van der Waals surface area contributed by atoms with E-state index in [9.17, 15) is 9.18 Å². The summed E-state index contributed by atoms with van der Waals surface area (Å²) in [7, 11) is 0. The number of hydrogen-bond acceptors (Lipinski definition) is 4. The molecule has 1 aromatic heterocycles. The number of carbonyl (C=O) groups excluding carboxylic acids is 1. The molecule has 0 spiro atoms. The van der Waals surface area contributed by atoms with Gasteiger partial charge in [-0.15, -0.1) is 0 Å². The number of nitrogens with two attached hydrogens (primary N) is 1. The summed E-state index contributed by atoms with van der Waals surface area (Å²) >= 11 is 0. The van der Waals surface area contributed by atoms with E-state index in [1.807, 2.05) is 0 Å². The Morgan fingerprint density at radius 3 is 2.52 bits per heavy atom. The van der Waals surface area contributed by atoms with Crippen molar-refractivity contribution in [3.8, 4) is 0 Å². The number of carbonyl (C=O) groups is 1. The Bertz CT molecular complexity index is 522. The lowest BCUT2D eigenvalue weighted by molar-refractivity contribution is 0.0910. The van der Waals surface area contributed by atoms with E-state index in [-0.39, 0.29) is 11.5 Å². The number of amides is 1. The number of aromatic nitrogens is 1. The van der Waals surface area contributed by atoms with Crippen molar-refractivity contribution >= 4 is 11.7 Å². The van der Waals surface area contributed by atoms with Gasteiger partial charge >= 0.3 is 0 Å². The zero-order chi connectivity index (χ0) is 15.3. The first-order chi connectivity index (χ1) is 10.1. The van der Waals surface area contributed by atoms with Crippen LogP contribution in [0.25, 0.3) is 0 Å². The highest BCUT2D eigenvalue weighted by Gasteiger charge is 2.37. The molecule has 2 rings (SSSR count). The van der Waals surface area contributed by atoms with Gasteiger partial charge in [0.2, 0.25) is 0 Å². The molecule has 0 aliphatic heterocycles. The molecule has 1 aliphatic carbocycles. The molecule has 1 fully saturated rings. The highest BCUT2D eigenvalue weighted by atomic mass is 19.1. The first-order valence-electron chi connectivity index (χ1n) is 6.99. The number of rotatable bonds is 3. The fourth-order valence-corrected chi connectivity index (χ4v) is 2.66. The minimum absolute atomic E-state index is 0.000128. The van der Waals surface area contributed by atoms with Crippen molar-refractivity contribution in [3.05, 3.63) is 29.8 Å². The number of pyridine rings is 1. The first-order valence-corrected chi connectivity index (χ1v) is 6.99. The highest BCUT2D eigenvalue weighted by molar-refractivity contribution is 5.99. The lowest BCUT2D eigenvalue weighted by Gasteiger charge is -2.32. The lowest BCUT2D eigenvalue weighted by atomic mass is 9.88. The topological polar surface area (TPSA) is 101 Å². The second-order valence-corrected chi connectivity index (χ2v) is 5.30. The normalized spacial score (nSPS) is 18.8. The van der Waals surface area contributed by atoms with Gasteiger partial charge in [0.15, 0.2) is 5.84 Å². The molecule has 4 N–H and O–H groups in total. The Morgan fingerprint density at radius 1 is 1.33 bits per heavy atom. The van der Waals surface area contributed by atoms with Gasteiger partial charge in [0.05, 0.1) is 6.20 Å². The van der Waals surface area contributed by atoms with E-state index in [0.717, 1.165) is 31.9 Å². The van der Waals surface area contributed by atoms with Crippen LogP contribution in [0.1, 0.15) is 49.0 Å². The maximum absolute atomic E-state index is 12.9. The smallest absolute Gasteiger partial charge is 0.270 e. The third kappa shape index (κ3) is 3.48. The van der Waals surface area contributed by atoms with E-state index in [0.29, 0.717) is 12.8 Å². The molecular weight excluding hydrogens is 275 g/mol. The number of hydrogen-bond donors (Lipinski definition) is 3. The van der Waals surface area contributed by atoms with Gasteiger partial charge in [-0.25, -0.2) is 9.37 Å². The number of oxime groups is 1. The van der Waals surface area contributed by atoms with E-state index >= 15 is 0 Å². The van der Waals surface area contributed by atoms with E-state index in [4.69, 9.17) is 10.9 Å². The van der Waals surface area contributed by atoms with Crippen molar-refractivity contribution in [2.24, 2.45) is 10.9 Å². The molecule has 1 heterocycles.